The molecule has 0 amide bonds. The number of H-pyrrole nitrogens is 1. The number of nitrogens with one attached hydrogen (secondary N) is 1. The van der Waals surface area contributed by atoms with Gasteiger partial charge < -0.3 is 4.98 Å². The molecule has 0 atom stereocenters. The number of hydrogen-bond acceptors (Lipinski definition) is 2. The number of fused-ring (bicyclic) bond motifs is 2. The summed E-state index contributed by atoms with van der Waals surface area (Å²) in [5.74, 6) is 0. The minimum absolute atomic E-state index is 0.0249. The fourth-order valence-corrected chi connectivity index (χ4v) is 2.45. The Bertz CT molecular complexity index is 968. The van der Waals surface area contributed by atoms with Gasteiger partial charge >= 0.3 is 0 Å². The number of rotatable bonds is 0. The molecule has 4 aromatic rings. The third kappa shape index (κ3) is 3.00. The van der Waals surface area contributed by atoms with Crippen molar-refractivity contribution in [2.45, 2.75) is 0 Å². The van der Waals surface area contributed by atoms with Crippen molar-refractivity contribution in [1.82, 2.24) is 9.97 Å². The van der Waals surface area contributed by atoms with E-state index in [4.69, 9.17) is 11.6 Å². The minimum atomic E-state index is -0.0249. The van der Waals surface area contributed by atoms with Gasteiger partial charge in [0.25, 0.3) is 5.56 Å². The zero-order chi connectivity index (χ0) is 15.4. The molecule has 0 aliphatic rings. The SMILES string of the molecule is Clc1nccc2ccccc12.O=c1[nH]ccc2ccccc12. The molecule has 0 bridgehead atoms. The molecule has 3 nitrogen and oxygen atoms in total. The van der Waals surface area contributed by atoms with Crippen molar-refractivity contribution in [2.75, 3.05) is 0 Å². The molecule has 0 saturated carbocycles. The van der Waals surface area contributed by atoms with Crippen molar-refractivity contribution < 1.29 is 0 Å². The van der Waals surface area contributed by atoms with Gasteiger partial charge in [0.15, 0.2) is 0 Å². The molecule has 0 aliphatic heterocycles. The summed E-state index contributed by atoms with van der Waals surface area (Å²) in [7, 11) is 0. The van der Waals surface area contributed by atoms with Gasteiger partial charge in [-0.2, -0.15) is 0 Å². The van der Waals surface area contributed by atoms with Crippen molar-refractivity contribution in [3.8, 4) is 0 Å². The maximum absolute atomic E-state index is 11.1. The second-order valence-corrected chi connectivity index (χ2v) is 5.07. The van der Waals surface area contributed by atoms with Crippen LogP contribution < -0.4 is 5.56 Å². The molecule has 1 N–H and O–H groups in total. The van der Waals surface area contributed by atoms with E-state index in [1.165, 1.54) is 0 Å². The first-order valence-corrected chi connectivity index (χ1v) is 7.19. The Labute approximate surface area is 132 Å². The van der Waals surface area contributed by atoms with Gasteiger partial charge in [0.1, 0.15) is 5.15 Å². The minimum Gasteiger partial charge on any atom is -0.329 e. The van der Waals surface area contributed by atoms with Gasteiger partial charge in [-0.25, -0.2) is 4.98 Å². The first-order chi connectivity index (χ1) is 10.8. The second-order valence-electron chi connectivity index (χ2n) is 4.72. The summed E-state index contributed by atoms with van der Waals surface area (Å²) in [6.07, 6.45) is 3.37. The molecule has 0 spiro atoms. The normalized spacial score (nSPS) is 10.2. The van der Waals surface area contributed by atoms with Crippen LogP contribution in [-0.4, -0.2) is 9.97 Å². The Morgan fingerprint density at radius 3 is 2.14 bits per heavy atom. The van der Waals surface area contributed by atoms with E-state index in [2.05, 4.69) is 9.97 Å². The van der Waals surface area contributed by atoms with E-state index >= 15 is 0 Å². The average Bonchev–Trinajstić information content (AvgIpc) is 2.57. The lowest BCUT2D eigenvalue weighted by molar-refractivity contribution is 1.28. The van der Waals surface area contributed by atoms with Crippen LogP contribution in [0.1, 0.15) is 0 Å². The standard InChI is InChI=1S/C9H6ClN.C9H7NO/c10-9-8-4-2-1-3-7(8)5-6-11-9;11-9-8-4-2-1-3-7(8)5-6-10-9/h1-6H;1-6H,(H,10,11). The fourth-order valence-electron chi connectivity index (χ4n) is 2.22. The van der Waals surface area contributed by atoms with Gasteiger partial charge in [-0.15, -0.1) is 0 Å². The van der Waals surface area contributed by atoms with Crippen LogP contribution >= 0.6 is 11.6 Å². The number of aromatic nitrogens is 2. The number of halogens is 1. The van der Waals surface area contributed by atoms with E-state index in [0.29, 0.717) is 5.15 Å². The third-order valence-corrected chi connectivity index (χ3v) is 3.61. The number of benzene rings is 2. The van der Waals surface area contributed by atoms with Gasteiger partial charge in [0, 0.05) is 23.2 Å². The lowest BCUT2D eigenvalue weighted by atomic mass is 10.2. The van der Waals surface area contributed by atoms with Crippen LogP contribution in [0.2, 0.25) is 5.15 Å². The summed E-state index contributed by atoms with van der Waals surface area (Å²) in [4.78, 5) is 17.7. The van der Waals surface area contributed by atoms with E-state index in [9.17, 15) is 4.79 Å². The maximum atomic E-state index is 11.1. The third-order valence-electron chi connectivity index (χ3n) is 3.31. The zero-order valence-electron chi connectivity index (χ0n) is 11.7. The Morgan fingerprint density at radius 1 is 0.818 bits per heavy atom. The molecule has 2 aromatic carbocycles. The lowest BCUT2D eigenvalue weighted by Crippen LogP contribution is -2.03. The van der Waals surface area contributed by atoms with Crippen molar-refractivity contribution >= 4 is 33.1 Å². The van der Waals surface area contributed by atoms with Gasteiger partial charge in [-0.1, -0.05) is 54.1 Å². The first-order valence-electron chi connectivity index (χ1n) is 6.81. The Balaban J connectivity index is 0.000000131. The van der Waals surface area contributed by atoms with Crippen molar-refractivity contribution in [2.24, 2.45) is 0 Å². The highest BCUT2D eigenvalue weighted by Gasteiger charge is 1.95. The highest BCUT2D eigenvalue weighted by Crippen LogP contribution is 2.19. The topological polar surface area (TPSA) is 45.8 Å². The van der Waals surface area contributed by atoms with Crippen LogP contribution in [-0.2, 0) is 0 Å². The van der Waals surface area contributed by atoms with E-state index in [-0.39, 0.29) is 5.56 Å². The highest BCUT2D eigenvalue weighted by atomic mass is 35.5. The predicted molar refractivity (Wildman–Crippen MR) is 91.3 cm³/mol. The summed E-state index contributed by atoms with van der Waals surface area (Å²) in [5.41, 5.74) is -0.0249. The summed E-state index contributed by atoms with van der Waals surface area (Å²) in [6, 6.07) is 19.3. The monoisotopic (exact) mass is 308 g/mol. The van der Waals surface area contributed by atoms with Gasteiger partial charge in [0.05, 0.1) is 0 Å². The highest BCUT2D eigenvalue weighted by molar-refractivity contribution is 6.34. The fraction of sp³-hybridized carbons (Fsp3) is 0. The van der Waals surface area contributed by atoms with Crippen molar-refractivity contribution in [3.63, 3.8) is 0 Å². The first kappa shape index (κ1) is 14.3. The Hall–Kier alpha value is -2.65. The van der Waals surface area contributed by atoms with E-state index in [1.807, 2.05) is 60.7 Å². The molecule has 0 fully saturated rings. The predicted octanol–water partition coefficient (Wildman–Crippen LogP) is 4.42. The van der Waals surface area contributed by atoms with Crippen LogP contribution in [0, 0.1) is 0 Å². The van der Waals surface area contributed by atoms with Crippen LogP contribution in [0.5, 0.6) is 0 Å². The van der Waals surface area contributed by atoms with Gasteiger partial charge in [-0.3, -0.25) is 4.79 Å². The molecular formula is C18H13ClN2O. The summed E-state index contributed by atoms with van der Waals surface area (Å²) in [5, 5.41) is 4.44. The lowest BCUT2D eigenvalue weighted by Gasteiger charge is -1.96. The van der Waals surface area contributed by atoms with Crippen LogP contribution in [0.15, 0.2) is 77.9 Å². The molecule has 22 heavy (non-hydrogen) atoms. The second kappa shape index (κ2) is 6.41. The van der Waals surface area contributed by atoms with E-state index in [0.717, 1.165) is 21.5 Å². The Morgan fingerprint density at radius 2 is 1.45 bits per heavy atom. The van der Waals surface area contributed by atoms with E-state index in [1.54, 1.807) is 12.4 Å². The molecule has 108 valence electrons. The number of nitrogens with zero attached hydrogens (tertiary/aromatic N) is 1. The number of aromatic amines is 1. The van der Waals surface area contributed by atoms with Gasteiger partial charge in [0.2, 0.25) is 0 Å². The summed E-state index contributed by atoms with van der Waals surface area (Å²) >= 11 is 5.85. The largest absolute Gasteiger partial charge is 0.329 e. The quantitative estimate of drug-likeness (QED) is 0.489. The van der Waals surface area contributed by atoms with Crippen molar-refractivity contribution in [3.05, 3.63) is 88.6 Å². The molecule has 2 aromatic heterocycles. The van der Waals surface area contributed by atoms with Gasteiger partial charge in [-0.05, 0) is 29.0 Å². The number of hydrogen-bond donors (Lipinski definition) is 1. The molecule has 4 rings (SSSR count). The molecule has 4 heteroatoms. The maximum Gasteiger partial charge on any atom is 0.255 e. The zero-order valence-corrected chi connectivity index (χ0v) is 12.4. The molecular weight excluding hydrogens is 296 g/mol. The Kier molecular flexibility index (Phi) is 4.17. The molecule has 0 unspecified atom stereocenters. The smallest absolute Gasteiger partial charge is 0.255 e. The molecule has 0 aliphatic carbocycles. The molecule has 0 radical (unpaired) electrons. The average molecular weight is 309 g/mol. The van der Waals surface area contributed by atoms with Crippen LogP contribution in [0.4, 0.5) is 0 Å². The van der Waals surface area contributed by atoms with Crippen LogP contribution in [0.25, 0.3) is 21.5 Å². The molecule has 2 heterocycles. The number of pyridine rings is 2. The molecule has 0 saturated heterocycles. The summed E-state index contributed by atoms with van der Waals surface area (Å²) < 4.78 is 0. The summed E-state index contributed by atoms with van der Waals surface area (Å²) in [6.45, 7) is 0. The van der Waals surface area contributed by atoms with E-state index < -0.39 is 0 Å². The van der Waals surface area contributed by atoms with Crippen LogP contribution in [0.3, 0.4) is 0 Å². The van der Waals surface area contributed by atoms with Crippen molar-refractivity contribution in [1.29, 1.82) is 0 Å².